The molecule has 6 heteroatoms. The molecule has 4 nitrogen and oxygen atoms in total. The lowest BCUT2D eigenvalue weighted by atomic mass is 10.1. The predicted molar refractivity (Wildman–Crippen MR) is 153 cm³/mol. The maximum absolute atomic E-state index is 11.0. The average Bonchev–Trinajstić information content (AvgIpc) is 2.89. The second kappa shape index (κ2) is 11.7. The third kappa shape index (κ3) is 6.39. The Kier molecular flexibility index (Phi) is 8.17. The van der Waals surface area contributed by atoms with Gasteiger partial charge in [-0.1, -0.05) is 80.4 Å². The zero-order valence-corrected chi connectivity index (χ0v) is 22.1. The van der Waals surface area contributed by atoms with Crippen molar-refractivity contribution in [2.75, 3.05) is 4.90 Å². The fraction of sp³-hybridized carbons (Fsp3) is 0. The number of aliphatic carboxylic acids is 1. The monoisotopic (exact) mass is 598 g/mol. The molecule has 0 aromatic heterocycles. The van der Waals surface area contributed by atoms with Gasteiger partial charge >= 0.3 is 5.97 Å². The van der Waals surface area contributed by atoms with Crippen molar-refractivity contribution in [3.05, 3.63) is 128 Å². The normalized spacial score (nSPS) is 11.3. The molecular weight excluding hydrogens is 580 g/mol. The number of nitrogens with zero attached hydrogens (tertiary/aromatic N) is 2. The minimum absolute atomic E-state index is 0.293. The van der Waals surface area contributed by atoms with Gasteiger partial charge in [-0.2, -0.15) is 5.26 Å². The summed E-state index contributed by atoms with van der Waals surface area (Å²) in [5.41, 5.74) is 5.54. The van der Waals surface area contributed by atoms with E-state index in [2.05, 4.69) is 85.3 Å². The summed E-state index contributed by atoms with van der Waals surface area (Å²) < 4.78 is 2.05. The second-order valence-electron chi connectivity index (χ2n) is 7.85. The second-order valence-corrected chi connectivity index (χ2v) is 9.69. The molecule has 0 saturated carbocycles. The van der Waals surface area contributed by atoms with Gasteiger partial charge in [0.1, 0.15) is 11.6 Å². The first-order valence-electron chi connectivity index (χ1n) is 11.0. The van der Waals surface area contributed by atoms with E-state index in [4.69, 9.17) is 10.4 Å². The smallest absolute Gasteiger partial charge is 0.346 e. The number of hydrogen-bond acceptors (Lipinski definition) is 3. The Hall–Kier alpha value is -3.92. The number of carboxylic acids is 1. The number of carboxylic acid groups (broad SMARTS) is 1. The van der Waals surface area contributed by atoms with Crippen LogP contribution in [0.15, 0.2) is 112 Å². The number of hydrogen-bond donors (Lipinski definition) is 1. The molecule has 1 N–H and O–H groups in total. The number of benzene rings is 4. The number of anilines is 3. The largest absolute Gasteiger partial charge is 0.477 e. The van der Waals surface area contributed by atoms with E-state index in [1.54, 1.807) is 18.2 Å². The molecule has 4 aromatic rings. The third-order valence-electron chi connectivity index (χ3n) is 5.39. The van der Waals surface area contributed by atoms with Gasteiger partial charge < -0.3 is 10.0 Å². The third-order valence-corrected chi connectivity index (χ3v) is 6.44. The minimum atomic E-state index is -1.23. The lowest BCUT2D eigenvalue weighted by Crippen LogP contribution is -2.09. The summed E-state index contributed by atoms with van der Waals surface area (Å²) in [7, 11) is 0. The van der Waals surface area contributed by atoms with E-state index in [9.17, 15) is 4.79 Å². The van der Waals surface area contributed by atoms with Crippen LogP contribution in [0.4, 0.5) is 17.1 Å². The molecule has 0 fully saturated rings. The molecule has 0 saturated heterocycles. The zero-order chi connectivity index (χ0) is 25.5. The van der Waals surface area contributed by atoms with Crippen molar-refractivity contribution in [2.45, 2.75) is 0 Å². The number of nitriles is 1. The highest BCUT2D eigenvalue weighted by Crippen LogP contribution is 2.35. The summed E-state index contributed by atoms with van der Waals surface area (Å²) in [6.07, 6.45) is 5.37. The van der Waals surface area contributed by atoms with Crippen LogP contribution in [0.3, 0.4) is 0 Å². The van der Waals surface area contributed by atoms with Crippen molar-refractivity contribution < 1.29 is 9.90 Å². The van der Waals surface area contributed by atoms with E-state index in [-0.39, 0.29) is 5.57 Å². The van der Waals surface area contributed by atoms with Crippen LogP contribution in [0.5, 0.6) is 0 Å². The van der Waals surface area contributed by atoms with Crippen molar-refractivity contribution >= 4 is 73.1 Å². The Morgan fingerprint density at radius 2 is 1.03 bits per heavy atom. The summed E-state index contributed by atoms with van der Waals surface area (Å²) in [6, 6.07) is 33.8. The van der Waals surface area contributed by atoms with Crippen molar-refractivity contribution in [2.24, 2.45) is 0 Å². The maximum atomic E-state index is 11.0. The molecule has 4 aromatic carbocycles. The molecule has 0 aliphatic rings. The summed E-state index contributed by atoms with van der Waals surface area (Å²) in [4.78, 5) is 13.2. The molecule has 36 heavy (non-hydrogen) atoms. The Morgan fingerprint density at radius 1 is 0.667 bits per heavy atom. The van der Waals surface area contributed by atoms with E-state index in [0.29, 0.717) is 5.56 Å². The van der Waals surface area contributed by atoms with Crippen molar-refractivity contribution in [3.8, 4) is 6.07 Å². The van der Waals surface area contributed by atoms with Gasteiger partial charge in [0, 0.05) is 26.0 Å². The average molecular weight is 600 g/mol. The van der Waals surface area contributed by atoms with E-state index in [0.717, 1.165) is 37.1 Å². The molecule has 0 bridgehead atoms. The van der Waals surface area contributed by atoms with E-state index in [1.165, 1.54) is 6.08 Å². The summed E-state index contributed by atoms with van der Waals surface area (Å²) in [6.45, 7) is 0. The first-order chi connectivity index (χ1) is 17.4. The van der Waals surface area contributed by atoms with Gasteiger partial charge in [0.05, 0.1) is 0 Å². The highest BCUT2D eigenvalue weighted by atomic mass is 79.9. The van der Waals surface area contributed by atoms with Crippen LogP contribution in [0, 0.1) is 11.3 Å². The number of carbonyl (C=O) groups is 1. The first-order valence-corrected chi connectivity index (χ1v) is 12.6. The summed E-state index contributed by atoms with van der Waals surface area (Å²) in [5.74, 6) is -1.23. The van der Waals surface area contributed by atoms with E-state index >= 15 is 0 Å². The van der Waals surface area contributed by atoms with Crippen LogP contribution in [0.25, 0.3) is 18.2 Å². The van der Waals surface area contributed by atoms with Gasteiger partial charge in [0.2, 0.25) is 0 Å². The molecule has 0 unspecified atom stereocenters. The molecule has 0 heterocycles. The maximum Gasteiger partial charge on any atom is 0.346 e. The SMILES string of the molecule is N#C/C(=C/c1ccc(/C=C/c2ccc(N(c3ccc(Br)cc3)c3ccc(Br)cc3)cc2)cc1)C(=O)O. The quantitative estimate of drug-likeness (QED) is 0.131. The molecule has 4 rings (SSSR count). The van der Waals surface area contributed by atoms with Gasteiger partial charge in [-0.15, -0.1) is 0 Å². The molecular formula is C30H20Br2N2O2. The molecule has 0 spiro atoms. The molecule has 0 aliphatic carbocycles. The Balaban J connectivity index is 1.55. The van der Waals surface area contributed by atoms with Gasteiger partial charge in [0.15, 0.2) is 0 Å². The lowest BCUT2D eigenvalue weighted by molar-refractivity contribution is -0.132. The van der Waals surface area contributed by atoms with Crippen LogP contribution in [0.1, 0.15) is 16.7 Å². The predicted octanol–water partition coefficient (Wildman–Crippen LogP) is 8.84. The van der Waals surface area contributed by atoms with Gasteiger partial charge in [-0.25, -0.2) is 4.79 Å². The Bertz CT molecular complexity index is 1400. The molecule has 0 aliphatic heterocycles. The van der Waals surface area contributed by atoms with Crippen LogP contribution in [0.2, 0.25) is 0 Å². The molecule has 0 amide bonds. The van der Waals surface area contributed by atoms with Crippen LogP contribution in [-0.4, -0.2) is 11.1 Å². The van der Waals surface area contributed by atoms with Gasteiger partial charge in [0.25, 0.3) is 0 Å². The Morgan fingerprint density at radius 3 is 1.42 bits per heavy atom. The fourth-order valence-corrected chi connectivity index (χ4v) is 4.10. The van der Waals surface area contributed by atoms with Gasteiger partial charge in [-0.3, -0.25) is 0 Å². The van der Waals surface area contributed by atoms with Gasteiger partial charge in [-0.05, 0) is 83.4 Å². The van der Waals surface area contributed by atoms with E-state index < -0.39 is 5.97 Å². The number of halogens is 2. The highest BCUT2D eigenvalue weighted by molar-refractivity contribution is 9.10. The minimum Gasteiger partial charge on any atom is -0.477 e. The zero-order valence-electron chi connectivity index (χ0n) is 19.0. The summed E-state index contributed by atoms with van der Waals surface area (Å²) >= 11 is 7.03. The van der Waals surface area contributed by atoms with Crippen LogP contribution in [-0.2, 0) is 4.79 Å². The van der Waals surface area contributed by atoms with Crippen molar-refractivity contribution in [3.63, 3.8) is 0 Å². The molecule has 0 radical (unpaired) electrons. The van der Waals surface area contributed by atoms with Crippen LogP contribution >= 0.6 is 31.9 Å². The lowest BCUT2D eigenvalue weighted by Gasteiger charge is -2.25. The standard InChI is InChI=1S/C30H20Br2N2O2/c31-25-9-15-28(16-10-25)34(29-17-11-26(32)12-18-29)27-13-7-22(8-14-27)2-1-21-3-5-23(6-4-21)19-24(20-33)30(35)36/h1-19H,(H,35,36)/b2-1+,24-19-. The first kappa shape index (κ1) is 25.2. The highest BCUT2D eigenvalue weighted by Gasteiger charge is 2.12. The fourth-order valence-electron chi connectivity index (χ4n) is 3.57. The topological polar surface area (TPSA) is 64.3 Å². The van der Waals surface area contributed by atoms with E-state index in [1.807, 2.05) is 48.6 Å². The van der Waals surface area contributed by atoms with Crippen molar-refractivity contribution in [1.29, 1.82) is 5.26 Å². The molecule has 0 atom stereocenters. The molecule has 176 valence electrons. The van der Waals surface area contributed by atoms with Crippen molar-refractivity contribution in [1.82, 2.24) is 0 Å². The van der Waals surface area contributed by atoms with Crippen LogP contribution < -0.4 is 4.90 Å². The Labute approximate surface area is 226 Å². The summed E-state index contributed by atoms with van der Waals surface area (Å²) in [5, 5.41) is 17.9. The number of rotatable bonds is 7.